The lowest BCUT2D eigenvalue weighted by Gasteiger charge is -2.07. The molecule has 0 saturated carbocycles. The number of benzene rings is 2. The molecule has 1 heterocycles. The highest BCUT2D eigenvalue weighted by Gasteiger charge is 2.13. The minimum atomic E-state index is -0.459. The number of primary amides is 1. The van der Waals surface area contributed by atoms with Gasteiger partial charge in [-0.05, 0) is 29.8 Å². The van der Waals surface area contributed by atoms with Crippen LogP contribution in [0.2, 0.25) is 0 Å². The summed E-state index contributed by atoms with van der Waals surface area (Å²) in [5.41, 5.74) is 8.48. The van der Waals surface area contributed by atoms with Crippen molar-refractivity contribution in [2.45, 2.75) is 6.54 Å². The first-order chi connectivity index (χ1) is 11.1. The van der Waals surface area contributed by atoms with Crippen molar-refractivity contribution in [3.63, 3.8) is 0 Å². The normalized spacial score (nSPS) is 10.4. The van der Waals surface area contributed by atoms with Crippen LogP contribution in [0.1, 0.15) is 21.5 Å². The number of hydrogen-bond acceptors (Lipinski definition) is 3. The fraction of sp³-hybridized carbons (Fsp3) is 0.111. The molecule has 0 bridgehead atoms. The Labute approximate surface area is 133 Å². The fourth-order valence-electron chi connectivity index (χ4n) is 2.61. The molecule has 0 aliphatic carbocycles. The van der Waals surface area contributed by atoms with Crippen molar-refractivity contribution in [1.29, 1.82) is 5.26 Å². The van der Waals surface area contributed by atoms with Gasteiger partial charge in [0.25, 0.3) is 5.91 Å². The van der Waals surface area contributed by atoms with E-state index in [-0.39, 0.29) is 0 Å². The van der Waals surface area contributed by atoms with Crippen LogP contribution in [0.4, 0.5) is 0 Å². The molecular weight excluding hydrogens is 290 g/mol. The van der Waals surface area contributed by atoms with Crippen LogP contribution < -0.4 is 10.5 Å². The third-order valence-corrected chi connectivity index (χ3v) is 3.79. The highest BCUT2D eigenvalue weighted by atomic mass is 16.5. The predicted molar refractivity (Wildman–Crippen MR) is 87.3 cm³/mol. The van der Waals surface area contributed by atoms with Crippen molar-refractivity contribution in [1.82, 2.24) is 4.57 Å². The highest BCUT2D eigenvalue weighted by Crippen LogP contribution is 2.26. The summed E-state index contributed by atoms with van der Waals surface area (Å²) >= 11 is 0. The van der Waals surface area contributed by atoms with Crippen LogP contribution in [0.15, 0.2) is 48.7 Å². The number of amides is 1. The van der Waals surface area contributed by atoms with Crippen molar-refractivity contribution < 1.29 is 9.53 Å². The molecule has 0 radical (unpaired) electrons. The predicted octanol–water partition coefficient (Wildman–Crippen LogP) is 2.67. The number of rotatable bonds is 4. The van der Waals surface area contributed by atoms with E-state index in [2.05, 4.69) is 6.07 Å². The first-order valence-corrected chi connectivity index (χ1v) is 7.08. The van der Waals surface area contributed by atoms with E-state index in [9.17, 15) is 4.79 Å². The van der Waals surface area contributed by atoms with Gasteiger partial charge in [-0.15, -0.1) is 0 Å². The van der Waals surface area contributed by atoms with Crippen molar-refractivity contribution in [2.24, 2.45) is 5.73 Å². The first-order valence-electron chi connectivity index (χ1n) is 7.08. The summed E-state index contributed by atoms with van der Waals surface area (Å²) in [6.07, 6.45) is 1.75. The standard InChI is InChI=1S/C18H15N3O2/c1-23-14-6-7-15-16(18(20)22)11-21(17(15)8-14)10-13-4-2-12(9-19)3-5-13/h2-8,11H,10H2,1H3,(H2,20,22). The molecule has 0 atom stereocenters. The van der Waals surface area contributed by atoms with Gasteiger partial charge in [0.2, 0.25) is 0 Å². The zero-order chi connectivity index (χ0) is 16.4. The number of methoxy groups -OCH3 is 1. The Bertz CT molecular complexity index is 918. The van der Waals surface area contributed by atoms with Crippen LogP contribution >= 0.6 is 0 Å². The smallest absolute Gasteiger partial charge is 0.250 e. The average molecular weight is 305 g/mol. The zero-order valence-electron chi connectivity index (χ0n) is 12.6. The second-order valence-electron chi connectivity index (χ2n) is 5.23. The number of fused-ring (bicyclic) bond motifs is 1. The Morgan fingerprint density at radius 1 is 1.26 bits per heavy atom. The molecule has 3 aromatic rings. The van der Waals surface area contributed by atoms with Crippen LogP contribution in [0.5, 0.6) is 5.75 Å². The number of carbonyl (C=O) groups excluding carboxylic acids is 1. The van der Waals surface area contributed by atoms with Crippen LogP contribution in [0.25, 0.3) is 10.9 Å². The lowest BCUT2D eigenvalue weighted by atomic mass is 10.1. The van der Waals surface area contributed by atoms with E-state index < -0.39 is 5.91 Å². The van der Waals surface area contributed by atoms with Gasteiger partial charge in [0.1, 0.15) is 5.75 Å². The van der Waals surface area contributed by atoms with Crippen molar-refractivity contribution in [3.05, 3.63) is 65.4 Å². The van der Waals surface area contributed by atoms with Crippen LogP contribution in [0.3, 0.4) is 0 Å². The van der Waals surface area contributed by atoms with E-state index in [1.54, 1.807) is 31.5 Å². The first kappa shape index (κ1) is 14.7. The number of nitrogens with zero attached hydrogens (tertiary/aromatic N) is 2. The second kappa shape index (κ2) is 5.85. The van der Waals surface area contributed by atoms with Gasteiger partial charge in [0, 0.05) is 24.2 Å². The molecule has 2 N–H and O–H groups in total. The van der Waals surface area contributed by atoms with Gasteiger partial charge in [-0.2, -0.15) is 5.26 Å². The molecule has 0 fully saturated rings. The summed E-state index contributed by atoms with van der Waals surface area (Å²) in [4.78, 5) is 11.7. The van der Waals surface area contributed by atoms with Gasteiger partial charge >= 0.3 is 0 Å². The molecule has 5 nitrogen and oxygen atoms in total. The monoisotopic (exact) mass is 305 g/mol. The number of ether oxygens (including phenoxy) is 1. The maximum Gasteiger partial charge on any atom is 0.250 e. The Kier molecular flexibility index (Phi) is 3.73. The maximum atomic E-state index is 11.7. The minimum absolute atomic E-state index is 0.459. The fourth-order valence-corrected chi connectivity index (χ4v) is 2.61. The van der Waals surface area contributed by atoms with Crippen molar-refractivity contribution >= 4 is 16.8 Å². The molecule has 0 spiro atoms. The SMILES string of the molecule is COc1ccc2c(C(N)=O)cn(Cc3ccc(C#N)cc3)c2c1. The van der Waals surface area contributed by atoms with Gasteiger partial charge in [-0.3, -0.25) is 4.79 Å². The zero-order valence-corrected chi connectivity index (χ0v) is 12.6. The Balaban J connectivity index is 2.08. The van der Waals surface area contributed by atoms with E-state index in [4.69, 9.17) is 15.7 Å². The number of nitriles is 1. The number of nitrogens with two attached hydrogens (primary N) is 1. The van der Waals surface area contributed by atoms with E-state index in [0.717, 1.165) is 16.5 Å². The van der Waals surface area contributed by atoms with Gasteiger partial charge < -0.3 is 15.0 Å². The topological polar surface area (TPSA) is 81.0 Å². The van der Waals surface area contributed by atoms with Crippen LogP contribution in [-0.4, -0.2) is 17.6 Å². The van der Waals surface area contributed by atoms with E-state index in [1.165, 1.54) is 0 Å². The molecule has 0 saturated heterocycles. The molecular formula is C18H15N3O2. The van der Waals surface area contributed by atoms with Gasteiger partial charge in [-0.25, -0.2) is 0 Å². The molecule has 1 amide bonds. The molecule has 5 heteroatoms. The molecule has 3 rings (SSSR count). The van der Waals surface area contributed by atoms with Crippen molar-refractivity contribution in [2.75, 3.05) is 7.11 Å². The quantitative estimate of drug-likeness (QED) is 0.804. The summed E-state index contributed by atoms with van der Waals surface area (Å²) in [5, 5.41) is 9.66. The lowest BCUT2D eigenvalue weighted by Crippen LogP contribution is -2.10. The molecule has 0 unspecified atom stereocenters. The number of hydrogen-bond donors (Lipinski definition) is 1. The minimum Gasteiger partial charge on any atom is -0.497 e. The molecule has 0 aliphatic heterocycles. The molecule has 1 aromatic heterocycles. The van der Waals surface area contributed by atoms with E-state index in [1.807, 2.05) is 28.8 Å². The Hall–Kier alpha value is -3.26. The summed E-state index contributed by atoms with van der Waals surface area (Å²) in [6.45, 7) is 0.572. The summed E-state index contributed by atoms with van der Waals surface area (Å²) < 4.78 is 7.22. The third-order valence-electron chi connectivity index (χ3n) is 3.79. The maximum absolute atomic E-state index is 11.7. The van der Waals surface area contributed by atoms with Crippen LogP contribution in [0, 0.1) is 11.3 Å². The molecule has 23 heavy (non-hydrogen) atoms. The summed E-state index contributed by atoms with van der Waals surface area (Å²) in [6, 6.07) is 15.0. The molecule has 0 aliphatic rings. The second-order valence-corrected chi connectivity index (χ2v) is 5.23. The van der Waals surface area contributed by atoms with E-state index >= 15 is 0 Å². The third kappa shape index (κ3) is 2.74. The van der Waals surface area contributed by atoms with Gasteiger partial charge in [0.15, 0.2) is 0 Å². The Morgan fingerprint density at radius 2 is 2.00 bits per heavy atom. The van der Waals surface area contributed by atoms with Crippen LogP contribution in [-0.2, 0) is 6.54 Å². The number of carbonyl (C=O) groups is 1. The molecule has 114 valence electrons. The average Bonchev–Trinajstić information content (AvgIpc) is 2.93. The molecule has 2 aromatic carbocycles. The van der Waals surface area contributed by atoms with Gasteiger partial charge in [0.05, 0.1) is 29.8 Å². The lowest BCUT2D eigenvalue weighted by molar-refractivity contribution is 0.100. The summed E-state index contributed by atoms with van der Waals surface area (Å²) in [7, 11) is 1.60. The number of aromatic nitrogens is 1. The van der Waals surface area contributed by atoms with Gasteiger partial charge in [-0.1, -0.05) is 12.1 Å². The summed E-state index contributed by atoms with van der Waals surface area (Å²) in [5.74, 6) is 0.256. The Morgan fingerprint density at radius 3 is 2.61 bits per heavy atom. The largest absolute Gasteiger partial charge is 0.497 e. The van der Waals surface area contributed by atoms with E-state index in [0.29, 0.717) is 23.4 Å². The highest BCUT2D eigenvalue weighted by molar-refractivity contribution is 6.06. The van der Waals surface area contributed by atoms with Crippen molar-refractivity contribution in [3.8, 4) is 11.8 Å².